The maximum atomic E-state index is 12.5. The normalized spacial score (nSPS) is 21.4. The number of hydrogen-bond acceptors (Lipinski definition) is 5. The van der Waals surface area contributed by atoms with E-state index in [4.69, 9.17) is 8.60 Å². The smallest absolute Gasteiger partial charge is 0.296 e. The van der Waals surface area contributed by atoms with E-state index in [0.29, 0.717) is 0 Å². The fraction of sp³-hybridized carbons (Fsp3) is 0.524. The molecule has 2 aromatic rings. The molecule has 0 radical (unpaired) electrons. The summed E-state index contributed by atoms with van der Waals surface area (Å²) in [5.41, 5.74) is 0. The number of likely N-dealkylation sites (tertiary alicyclic amines) is 1. The SMILES string of the molecule is CCCCN1CCC(c2ccc(C)o2)C(COS(=O)(=O)c2ccccc2)C1. The summed E-state index contributed by atoms with van der Waals surface area (Å²) in [5.74, 6) is 2.09. The van der Waals surface area contributed by atoms with Gasteiger partial charge in [0.05, 0.1) is 11.5 Å². The summed E-state index contributed by atoms with van der Waals surface area (Å²) in [6.07, 6.45) is 3.26. The minimum atomic E-state index is -3.74. The van der Waals surface area contributed by atoms with Gasteiger partial charge in [-0.15, -0.1) is 0 Å². The van der Waals surface area contributed by atoms with Crippen molar-refractivity contribution in [3.05, 3.63) is 54.0 Å². The minimum Gasteiger partial charge on any atom is -0.466 e. The van der Waals surface area contributed by atoms with Crippen LogP contribution in [0.2, 0.25) is 0 Å². The summed E-state index contributed by atoms with van der Waals surface area (Å²) < 4.78 is 36.4. The van der Waals surface area contributed by atoms with Crippen LogP contribution in [0.3, 0.4) is 0 Å². The quantitative estimate of drug-likeness (QED) is 0.631. The van der Waals surface area contributed by atoms with E-state index in [-0.39, 0.29) is 23.3 Å². The highest BCUT2D eigenvalue weighted by atomic mass is 32.2. The van der Waals surface area contributed by atoms with E-state index in [1.807, 2.05) is 19.1 Å². The molecule has 148 valence electrons. The lowest BCUT2D eigenvalue weighted by Gasteiger charge is -2.37. The first-order valence-corrected chi connectivity index (χ1v) is 11.1. The predicted octanol–water partition coefficient (Wildman–Crippen LogP) is 4.20. The molecular weight excluding hydrogens is 362 g/mol. The Balaban J connectivity index is 1.72. The van der Waals surface area contributed by atoms with Crippen LogP contribution in [-0.4, -0.2) is 39.6 Å². The van der Waals surface area contributed by atoms with Crippen molar-refractivity contribution in [2.24, 2.45) is 5.92 Å². The molecule has 1 aromatic carbocycles. The Morgan fingerprint density at radius 3 is 2.63 bits per heavy atom. The van der Waals surface area contributed by atoms with Gasteiger partial charge in [0.15, 0.2) is 0 Å². The highest BCUT2D eigenvalue weighted by Crippen LogP contribution is 2.35. The molecule has 0 N–H and O–H groups in total. The van der Waals surface area contributed by atoms with Gasteiger partial charge >= 0.3 is 0 Å². The Labute approximate surface area is 162 Å². The standard InChI is InChI=1S/C21H29NO4S/c1-3-4-13-22-14-12-20(21-11-10-17(2)26-21)18(15-22)16-25-27(23,24)19-8-6-5-7-9-19/h5-11,18,20H,3-4,12-16H2,1-2H3. The van der Waals surface area contributed by atoms with Crippen LogP contribution < -0.4 is 0 Å². The summed E-state index contributed by atoms with van der Waals surface area (Å²) in [6.45, 7) is 7.17. The van der Waals surface area contributed by atoms with Gasteiger partial charge in [-0.25, -0.2) is 0 Å². The van der Waals surface area contributed by atoms with Gasteiger partial charge < -0.3 is 9.32 Å². The molecule has 0 saturated carbocycles. The summed E-state index contributed by atoms with van der Waals surface area (Å²) in [5, 5.41) is 0. The molecule has 1 aliphatic heterocycles. The lowest BCUT2D eigenvalue weighted by molar-refractivity contribution is 0.104. The van der Waals surface area contributed by atoms with Crippen LogP contribution in [0.5, 0.6) is 0 Å². The van der Waals surface area contributed by atoms with Crippen LogP contribution in [0.4, 0.5) is 0 Å². The zero-order valence-corrected chi connectivity index (χ0v) is 17.0. The molecule has 0 aliphatic carbocycles. The number of aryl methyl sites for hydroxylation is 1. The average Bonchev–Trinajstić information content (AvgIpc) is 3.11. The highest BCUT2D eigenvalue weighted by Gasteiger charge is 2.33. The van der Waals surface area contributed by atoms with Crippen molar-refractivity contribution in [1.82, 2.24) is 4.90 Å². The third kappa shape index (κ3) is 5.21. The van der Waals surface area contributed by atoms with E-state index in [2.05, 4.69) is 11.8 Å². The molecule has 1 fully saturated rings. The van der Waals surface area contributed by atoms with E-state index in [1.165, 1.54) is 0 Å². The first kappa shape index (κ1) is 20.1. The largest absolute Gasteiger partial charge is 0.466 e. The second-order valence-corrected chi connectivity index (χ2v) is 8.92. The number of benzene rings is 1. The molecule has 3 rings (SSSR count). The van der Waals surface area contributed by atoms with Crippen LogP contribution in [0, 0.1) is 12.8 Å². The summed E-state index contributed by atoms with van der Waals surface area (Å²) in [4.78, 5) is 2.62. The third-order valence-corrected chi connectivity index (χ3v) is 6.54. The third-order valence-electron chi connectivity index (χ3n) is 5.24. The van der Waals surface area contributed by atoms with Crippen LogP contribution in [0.1, 0.15) is 43.6 Å². The zero-order chi connectivity index (χ0) is 19.3. The number of nitrogens with zero attached hydrogens (tertiary/aromatic N) is 1. The fourth-order valence-corrected chi connectivity index (χ4v) is 4.70. The monoisotopic (exact) mass is 391 g/mol. The summed E-state index contributed by atoms with van der Waals surface area (Å²) in [7, 11) is -3.74. The van der Waals surface area contributed by atoms with Gasteiger partial charge in [-0.1, -0.05) is 31.5 Å². The number of hydrogen-bond donors (Lipinski definition) is 0. The van der Waals surface area contributed by atoms with Crippen molar-refractivity contribution < 1.29 is 17.0 Å². The first-order valence-electron chi connectivity index (χ1n) is 9.72. The predicted molar refractivity (Wildman–Crippen MR) is 105 cm³/mol. The van der Waals surface area contributed by atoms with Crippen molar-refractivity contribution >= 4 is 10.1 Å². The van der Waals surface area contributed by atoms with Crippen molar-refractivity contribution in [2.45, 2.75) is 43.9 Å². The highest BCUT2D eigenvalue weighted by molar-refractivity contribution is 7.86. The molecule has 2 atom stereocenters. The Hall–Kier alpha value is -1.63. The molecule has 5 nitrogen and oxygen atoms in total. The summed E-state index contributed by atoms with van der Waals surface area (Å²) >= 11 is 0. The van der Waals surface area contributed by atoms with Gasteiger partial charge in [0, 0.05) is 18.4 Å². The Bertz CT molecular complexity index is 816. The van der Waals surface area contributed by atoms with E-state index in [1.54, 1.807) is 30.3 Å². The van der Waals surface area contributed by atoms with Gasteiger partial charge in [-0.2, -0.15) is 8.42 Å². The lowest BCUT2D eigenvalue weighted by atomic mass is 9.84. The average molecular weight is 392 g/mol. The van der Waals surface area contributed by atoms with Crippen LogP contribution in [0.25, 0.3) is 0 Å². The van der Waals surface area contributed by atoms with Gasteiger partial charge in [-0.05, 0) is 57.1 Å². The van der Waals surface area contributed by atoms with Gasteiger partial charge in [0.2, 0.25) is 0 Å². The lowest BCUT2D eigenvalue weighted by Crippen LogP contribution is -2.42. The first-order chi connectivity index (χ1) is 13.0. The minimum absolute atomic E-state index is 0.0830. The fourth-order valence-electron chi connectivity index (χ4n) is 3.72. The van der Waals surface area contributed by atoms with Crippen molar-refractivity contribution in [2.75, 3.05) is 26.2 Å². The molecule has 2 heterocycles. The number of unbranched alkanes of at least 4 members (excludes halogenated alkanes) is 1. The number of piperidine rings is 1. The van der Waals surface area contributed by atoms with Crippen LogP contribution in [0.15, 0.2) is 51.8 Å². The Morgan fingerprint density at radius 2 is 1.96 bits per heavy atom. The Morgan fingerprint density at radius 1 is 1.19 bits per heavy atom. The Kier molecular flexibility index (Phi) is 6.73. The van der Waals surface area contributed by atoms with E-state index < -0.39 is 10.1 Å². The second kappa shape index (κ2) is 9.04. The van der Waals surface area contributed by atoms with E-state index in [9.17, 15) is 8.42 Å². The maximum Gasteiger partial charge on any atom is 0.296 e. The van der Waals surface area contributed by atoms with Gasteiger partial charge in [0.25, 0.3) is 10.1 Å². The van der Waals surface area contributed by atoms with Crippen molar-refractivity contribution in [3.63, 3.8) is 0 Å². The molecule has 2 unspecified atom stereocenters. The maximum absolute atomic E-state index is 12.5. The molecule has 0 bridgehead atoms. The molecule has 6 heteroatoms. The van der Waals surface area contributed by atoms with Crippen LogP contribution in [-0.2, 0) is 14.3 Å². The van der Waals surface area contributed by atoms with E-state index in [0.717, 1.165) is 50.4 Å². The molecule has 1 saturated heterocycles. The molecule has 0 spiro atoms. The molecule has 1 aromatic heterocycles. The number of rotatable bonds is 8. The topological polar surface area (TPSA) is 59.8 Å². The molecule has 27 heavy (non-hydrogen) atoms. The molecule has 0 amide bonds. The van der Waals surface area contributed by atoms with Crippen LogP contribution >= 0.6 is 0 Å². The van der Waals surface area contributed by atoms with Crippen molar-refractivity contribution in [1.29, 1.82) is 0 Å². The molecular formula is C21H29NO4S. The van der Waals surface area contributed by atoms with Gasteiger partial charge in [0.1, 0.15) is 11.5 Å². The second-order valence-electron chi connectivity index (χ2n) is 7.31. The van der Waals surface area contributed by atoms with E-state index >= 15 is 0 Å². The molecule has 1 aliphatic rings. The van der Waals surface area contributed by atoms with Crippen molar-refractivity contribution in [3.8, 4) is 0 Å². The zero-order valence-electron chi connectivity index (χ0n) is 16.1. The van der Waals surface area contributed by atoms with Gasteiger partial charge in [-0.3, -0.25) is 4.18 Å². The summed E-state index contributed by atoms with van der Waals surface area (Å²) in [6, 6.07) is 12.3. The number of furan rings is 1.